The summed E-state index contributed by atoms with van der Waals surface area (Å²) in [6.45, 7) is 11.6. The smallest absolute Gasteiger partial charge is 0.355 e. The zero-order valence-electron chi connectivity index (χ0n) is 15.0. The third-order valence-electron chi connectivity index (χ3n) is 3.90. The number of nitrogens with one attached hydrogen (secondary N) is 1. The lowest BCUT2D eigenvalue weighted by Crippen LogP contribution is -2.15. The number of amides is 1. The molecule has 0 atom stereocenters. The van der Waals surface area contributed by atoms with E-state index in [1.165, 1.54) is 0 Å². The summed E-state index contributed by atoms with van der Waals surface area (Å²) in [7, 11) is 0. The van der Waals surface area contributed by atoms with Crippen LogP contribution in [-0.2, 0) is 11.3 Å². The Labute approximate surface area is 147 Å². The molecule has 0 aliphatic heterocycles. The van der Waals surface area contributed by atoms with Crippen molar-refractivity contribution >= 4 is 17.7 Å². The van der Waals surface area contributed by atoms with Gasteiger partial charge in [0.2, 0.25) is 0 Å². The summed E-state index contributed by atoms with van der Waals surface area (Å²) in [5.41, 5.74) is 2.91. The first-order valence-electron chi connectivity index (χ1n) is 8.13. The Balaban J connectivity index is 2.46. The predicted octanol–water partition coefficient (Wildman–Crippen LogP) is 3.42. The van der Waals surface area contributed by atoms with Gasteiger partial charge in [-0.1, -0.05) is 12.1 Å². The summed E-state index contributed by atoms with van der Waals surface area (Å²) in [5.74, 6) is -0.280. The lowest BCUT2D eigenvalue weighted by Gasteiger charge is -2.09. The molecular weight excluding hydrogens is 318 g/mol. The Hall–Kier alpha value is -2.89. The number of hydrogen-bond acceptors (Lipinski definition) is 4. The van der Waals surface area contributed by atoms with Gasteiger partial charge in [-0.3, -0.25) is 4.79 Å². The van der Waals surface area contributed by atoms with Crippen LogP contribution in [0.1, 0.15) is 44.7 Å². The highest BCUT2D eigenvalue weighted by Gasteiger charge is 2.26. The molecule has 132 valence electrons. The van der Waals surface area contributed by atoms with Crippen LogP contribution >= 0.6 is 0 Å². The highest BCUT2D eigenvalue weighted by molar-refractivity contribution is 6.08. The van der Waals surface area contributed by atoms with E-state index in [1.807, 2.05) is 19.1 Å². The van der Waals surface area contributed by atoms with E-state index in [0.29, 0.717) is 34.9 Å². The molecule has 2 aromatic heterocycles. The van der Waals surface area contributed by atoms with Crippen molar-refractivity contribution in [2.45, 2.75) is 34.2 Å². The Bertz CT molecular complexity index is 822. The number of anilines is 1. The summed E-state index contributed by atoms with van der Waals surface area (Å²) in [4.78, 5) is 29.4. The second-order valence-electron chi connectivity index (χ2n) is 5.67. The molecule has 0 unspecified atom stereocenters. The van der Waals surface area contributed by atoms with Crippen molar-refractivity contribution in [2.24, 2.45) is 0 Å². The molecule has 0 spiro atoms. The van der Waals surface area contributed by atoms with E-state index in [4.69, 9.17) is 4.74 Å². The van der Waals surface area contributed by atoms with Gasteiger partial charge in [0.05, 0.1) is 12.2 Å². The quantitative estimate of drug-likeness (QED) is 0.645. The van der Waals surface area contributed by atoms with Crippen LogP contribution in [0.4, 0.5) is 5.82 Å². The van der Waals surface area contributed by atoms with Gasteiger partial charge < -0.3 is 14.6 Å². The largest absolute Gasteiger partial charge is 0.461 e. The fourth-order valence-electron chi connectivity index (χ4n) is 2.84. The lowest BCUT2D eigenvalue weighted by molar-refractivity contribution is 0.0513. The van der Waals surface area contributed by atoms with E-state index in [-0.39, 0.29) is 12.5 Å². The first-order chi connectivity index (χ1) is 11.9. The van der Waals surface area contributed by atoms with E-state index < -0.39 is 5.97 Å². The van der Waals surface area contributed by atoms with Gasteiger partial charge in [0.25, 0.3) is 5.91 Å². The maximum absolute atomic E-state index is 12.8. The van der Waals surface area contributed by atoms with Crippen molar-refractivity contribution in [3.8, 4) is 0 Å². The molecular formula is C19H23N3O3. The minimum atomic E-state index is -0.447. The SMILES string of the molecule is C=CCn1c(C)c(C(=O)Nc2cccc(C)n2)c(C)c1C(=O)OCC. The zero-order valence-corrected chi connectivity index (χ0v) is 15.0. The second kappa shape index (κ2) is 7.79. The fourth-order valence-corrected chi connectivity index (χ4v) is 2.84. The second-order valence-corrected chi connectivity index (χ2v) is 5.67. The number of aryl methyl sites for hydroxylation is 1. The van der Waals surface area contributed by atoms with Crippen LogP contribution in [0, 0.1) is 20.8 Å². The van der Waals surface area contributed by atoms with Gasteiger partial charge in [-0.05, 0) is 45.4 Å². The number of carbonyl (C=O) groups excluding carboxylic acids is 2. The van der Waals surface area contributed by atoms with Crippen LogP contribution in [-0.4, -0.2) is 28.0 Å². The standard InChI is InChI=1S/C19H23N3O3/c1-6-11-22-14(5)16(13(4)17(22)19(24)25-7-2)18(23)21-15-10-8-9-12(3)20-15/h6,8-10H,1,7,11H2,2-5H3,(H,20,21,23). The summed E-state index contributed by atoms with van der Waals surface area (Å²) in [5, 5.41) is 2.79. The highest BCUT2D eigenvalue weighted by Crippen LogP contribution is 2.24. The van der Waals surface area contributed by atoms with Crippen LogP contribution in [0.25, 0.3) is 0 Å². The van der Waals surface area contributed by atoms with Crippen LogP contribution in [0.2, 0.25) is 0 Å². The molecule has 1 amide bonds. The topological polar surface area (TPSA) is 73.2 Å². The molecule has 1 N–H and O–H groups in total. The molecule has 2 aromatic rings. The lowest BCUT2D eigenvalue weighted by atomic mass is 10.1. The van der Waals surface area contributed by atoms with E-state index >= 15 is 0 Å². The highest BCUT2D eigenvalue weighted by atomic mass is 16.5. The maximum atomic E-state index is 12.8. The van der Waals surface area contributed by atoms with Crippen LogP contribution < -0.4 is 5.32 Å². The molecule has 2 rings (SSSR count). The third-order valence-corrected chi connectivity index (χ3v) is 3.90. The van der Waals surface area contributed by atoms with E-state index in [9.17, 15) is 9.59 Å². The number of ether oxygens (including phenoxy) is 1. The van der Waals surface area contributed by atoms with Crippen molar-refractivity contribution in [3.63, 3.8) is 0 Å². The molecule has 0 aliphatic carbocycles. The Morgan fingerprint density at radius 1 is 1.32 bits per heavy atom. The van der Waals surface area contributed by atoms with Gasteiger partial charge in [0.15, 0.2) is 0 Å². The van der Waals surface area contributed by atoms with Crippen molar-refractivity contribution in [1.82, 2.24) is 9.55 Å². The van der Waals surface area contributed by atoms with Crippen LogP contribution in [0.5, 0.6) is 0 Å². The fraction of sp³-hybridized carbons (Fsp3) is 0.316. The summed E-state index contributed by atoms with van der Waals surface area (Å²) >= 11 is 0. The number of allylic oxidation sites excluding steroid dienone is 1. The Kier molecular flexibility index (Phi) is 5.75. The molecule has 0 saturated heterocycles. The monoisotopic (exact) mass is 341 g/mol. The van der Waals surface area contributed by atoms with Crippen molar-refractivity contribution in [2.75, 3.05) is 11.9 Å². The van der Waals surface area contributed by atoms with Gasteiger partial charge in [-0.2, -0.15) is 0 Å². The van der Waals surface area contributed by atoms with Gasteiger partial charge in [0, 0.05) is 17.9 Å². The van der Waals surface area contributed by atoms with Gasteiger partial charge in [-0.25, -0.2) is 9.78 Å². The molecule has 0 aliphatic rings. The third kappa shape index (κ3) is 3.79. The Morgan fingerprint density at radius 2 is 2.04 bits per heavy atom. The van der Waals surface area contributed by atoms with Crippen LogP contribution in [0.15, 0.2) is 30.9 Å². The summed E-state index contributed by atoms with van der Waals surface area (Å²) < 4.78 is 6.89. The molecule has 0 aromatic carbocycles. The number of hydrogen-bond donors (Lipinski definition) is 1. The summed E-state index contributed by atoms with van der Waals surface area (Å²) in [6, 6.07) is 5.40. The number of aromatic nitrogens is 2. The van der Waals surface area contributed by atoms with Gasteiger partial charge in [-0.15, -0.1) is 6.58 Å². The average Bonchev–Trinajstić information content (AvgIpc) is 2.78. The zero-order chi connectivity index (χ0) is 18.6. The minimum absolute atomic E-state index is 0.269. The predicted molar refractivity (Wildman–Crippen MR) is 97.0 cm³/mol. The molecule has 6 nitrogen and oxygen atoms in total. The number of esters is 1. The first kappa shape index (κ1) is 18.4. The maximum Gasteiger partial charge on any atom is 0.355 e. The number of rotatable bonds is 6. The first-order valence-corrected chi connectivity index (χ1v) is 8.13. The molecule has 0 bridgehead atoms. The van der Waals surface area contributed by atoms with Gasteiger partial charge in [0.1, 0.15) is 11.5 Å². The molecule has 0 fully saturated rings. The summed E-state index contributed by atoms with van der Waals surface area (Å²) in [6.07, 6.45) is 1.68. The average molecular weight is 341 g/mol. The molecule has 0 saturated carbocycles. The Morgan fingerprint density at radius 3 is 2.64 bits per heavy atom. The van der Waals surface area contributed by atoms with Crippen LogP contribution in [0.3, 0.4) is 0 Å². The van der Waals surface area contributed by atoms with Gasteiger partial charge >= 0.3 is 5.97 Å². The normalized spacial score (nSPS) is 10.4. The number of nitrogens with zero attached hydrogens (tertiary/aromatic N) is 2. The molecule has 6 heteroatoms. The number of carbonyl (C=O) groups is 2. The minimum Gasteiger partial charge on any atom is -0.461 e. The number of pyridine rings is 1. The van der Waals surface area contributed by atoms with E-state index in [1.54, 1.807) is 37.5 Å². The van der Waals surface area contributed by atoms with Crippen molar-refractivity contribution in [3.05, 3.63) is 59.1 Å². The van der Waals surface area contributed by atoms with Crippen molar-refractivity contribution < 1.29 is 14.3 Å². The molecule has 0 radical (unpaired) electrons. The van der Waals surface area contributed by atoms with E-state index in [2.05, 4.69) is 16.9 Å². The van der Waals surface area contributed by atoms with E-state index in [0.717, 1.165) is 5.69 Å². The molecule has 2 heterocycles. The molecule has 25 heavy (non-hydrogen) atoms. The van der Waals surface area contributed by atoms with Crippen molar-refractivity contribution in [1.29, 1.82) is 0 Å².